The van der Waals surface area contributed by atoms with Gasteiger partial charge in [0.25, 0.3) is 0 Å². The van der Waals surface area contributed by atoms with Crippen LogP contribution in [-0.4, -0.2) is 72.5 Å². The van der Waals surface area contributed by atoms with Crippen LogP contribution >= 0.6 is 0 Å². The van der Waals surface area contributed by atoms with Crippen LogP contribution in [0.1, 0.15) is 42.9 Å². The summed E-state index contributed by atoms with van der Waals surface area (Å²) in [6, 6.07) is 7.13. The summed E-state index contributed by atoms with van der Waals surface area (Å²) in [5.74, 6) is -4.83. The molecule has 240 valence electrons. The lowest BCUT2D eigenvalue weighted by molar-refractivity contribution is -0.150. The summed E-state index contributed by atoms with van der Waals surface area (Å²) in [5, 5.41) is 17.4. The molecule has 44 heavy (non-hydrogen) atoms. The van der Waals surface area contributed by atoms with Gasteiger partial charge in [0.1, 0.15) is 24.4 Å². The molecule has 10 nitrogen and oxygen atoms in total. The number of methoxy groups -OCH3 is 1. The number of nitrogens with one attached hydrogen (secondary N) is 3. The van der Waals surface area contributed by atoms with Crippen molar-refractivity contribution in [3.05, 3.63) is 59.7 Å². The highest BCUT2D eigenvalue weighted by Crippen LogP contribution is 2.38. The second kappa shape index (κ2) is 13.7. The molecule has 0 bridgehead atoms. The lowest BCUT2D eigenvalue weighted by Gasteiger charge is -2.33. The van der Waals surface area contributed by atoms with E-state index in [4.69, 9.17) is 9.47 Å². The van der Waals surface area contributed by atoms with Crippen molar-refractivity contribution in [1.82, 2.24) is 15.5 Å². The minimum absolute atomic E-state index is 0.0730. The Kier molecular flexibility index (Phi) is 10.2. The maximum absolute atomic E-state index is 13.9. The second-order valence-corrected chi connectivity index (χ2v) is 10.8. The quantitative estimate of drug-likeness (QED) is 0.214. The fraction of sp³-hybridized carbons (Fsp3) is 0.483. The van der Waals surface area contributed by atoms with E-state index in [1.807, 2.05) is 5.32 Å². The van der Waals surface area contributed by atoms with Crippen molar-refractivity contribution in [3.63, 3.8) is 0 Å². The number of anilines is 1. The largest absolute Gasteiger partial charge is 0.506 e. The molecule has 1 heterocycles. The minimum Gasteiger partial charge on any atom is -0.506 e. The number of benzene rings is 2. The van der Waals surface area contributed by atoms with Crippen molar-refractivity contribution in [2.45, 2.75) is 62.5 Å². The van der Waals surface area contributed by atoms with Crippen molar-refractivity contribution in [3.8, 4) is 5.75 Å². The van der Waals surface area contributed by atoms with Crippen LogP contribution in [0, 0.1) is 5.92 Å². The van der Waals surface area contributed by atoms with E-state index in [0.29, 0.717) is 5.56 Å². The molecule has 0 aromatic heterocycles. The summed E-state index contributed by atoms with van der Waals surface area (Å²) in [7, 11) is 1.30. The Morgan fingerprint density at radius 2 is 1.82 bits per heavy atom. The molecule has 0 spiro atoms. The number of nitrogens with zero attached hydrogens (tertiary/aromatic N) is 1. The molecule has 4 amide bonds. The molecule has 2 fully saturated rings. The molecule has 1 aliphatic carbocycles. The van der Waals surface area contributed by atoms with Gasteiger partial charge in [-0.15, -0.1) is 0 Å². The number of rotatable bonds is 10. The molecule has 1 saturated carbocycles. The van der Waals surface area contributed by atoms with Crippen LogP contribution < -0.4 is 16.0 Å². The summed E-state index contributed by atoms with van der Waals surface area (Å²) in [4.78, 5) is 39.5. The van der Waals surface area contributed by atoms with E-state index in [0.717, 1.165) is 4.90 Å². The first-order valence-electron chi connectivity index (χ1n) is 13.9. The first kappa shape index (κ1) is 32.8. The molecular formula is C29H33F5N4O6. The Morgan fingerprint density at radius 3 is 2.43 bits per heavy atom. The monoisotopic (exact) mass is 628 g/mol. The van der Waals surface area contributed by atoms with Gasteiger partial charge in [-0.2, -0.15) is 13.2 Å². The normalized spacial score (nSPS) is 20.0. The topological polar surface area (TPSA) is 129 Å². The molecule has 2 aromatic carbocycles. The van der Waals surface area contributed by atoms with Crippen LogP contribution in [0.2, 0.25) is 0 Å². The van der Waals surface area contributed by atoms with E-state index in [-0.39, 0.29) is 37.3 Å². The number of urea groups is 1. The van der Waals surface area contributed by atoms with Gasteiger partial charge in [0.05, 0.1) is 24.9 Å². The van der Waals surface area contributed by atoms with Gasteiger partial charge in [-0.3, -0.25) is 4.79 Å². The van der Waals surface area contributed by atoms with E-state index in [9.17, 15) is 41.4 Å². The molecule has 4 rings (SSSR count). The van der Waals surface area contributed by atoms with Gasteiger partial charge in [0, 0.05) is 20.0 Å². The summed E-state index contributed by atoms with van der Waals surface area (Å²) in [6.07, 6.45) is -6.75. The molecule has 3 atom stereocenters. The number of aromatic hydroxyl groups is 1. The van der Waals surface area contributed by atoms with Crippen molar-refractivity contribution in [2.75, 3.05) is 25.6 Å². The Labute approximate surface area is 249 Å². The van der Waals surface area contributed by atoms with Crippen molar-refractivity contribution >= 4 is 23.7 Å². The zero-order valence-electron chi connectivity index (χ0n) is 23.7. The van der Waals surface area contributed by atoms with Gasteiger partial charge in [-0.1, -0.05) is 36.4 Å². The Bertz CT molecular complexity index is 1320. The number of phenols is 1. The standard InChI is InChI=1S/C29H33F5N4O6/c1-43-16-21(38-14-23(29(32,33)34)36-26(38)41)19-7-8-22(39)20(13-19)35-25(40)24(18-9-11-28(30,31)12-10-18)37-27(42)44-15-17-5-3-2-4-6-17/h2-8,13,18,21,23-24,39H,9-12,14-16H2,1H3,(H,35,40)(H,36,41)(H,37,42)/t21-,23+,24+/m1/s1. The molecule has 1 aliphatic heterocycles. The average Bonchev–Trinajstić information content (AvgIpc) is 3.37. The molecule has 2 aromatic rings. The molecular weight excluding hydrogens is 595 g/mol. The molecule has 0 radical (unpaired) electrons. The van der Waals surface area contributed by atoms with Gasteiger partial charge in [-0.05, 0) is 42.0 Å². The highest BCUT2D eigenvalue weighted by atomic mass is 19.4. The second-order valence-electron chi connectivity index (χ2n) is 10.8. The third-order valence-electron chi connectivity index (χ3n) is 7.70. The number of phenolic OH excluding ortho intramolecular Hbond substituents is 1. The number of hydrogen-bond donors (Lipinski definition) is 4. The molecule has 1 saturated heterocycles. The highest BCUT2D eigenvalue weighted by Gasteiger charge is 2.48. The SMILES string of the molecule is COC[C@H](c1ccc(O)c(NC(=O)[C@@H](NC(=O)OCc2ccccc2)C2CCC(F)(F)CC2)c1)N1C[C@@H](C(F)(F)F)NC1=O. The summed E-state index contributed by atoms with van der Waals surface area (Å²) >= 11 is 0. The number of hydrogen-bond acceptors (Lipinski definition) is 6. The van der Waals surface area contributed by atoms with Crippen LogP contribution in [0.3, 0.4) is 0 Å². The molecule has 2 aliphatic rings. The predicted molar refractivity (Wildman–Crippen MR) is 147 cm³/mol. The molecule has 15 heteroatoms. The average molecular weight is 629 g/mol. The first-order chi connectivity index (χ1) is 20.8. The number of amides is 4. The Hall–Kier alpha value is -4.14. The zero-order chi connectivity index (χ0) is 32.1. The fourth-order valence-corrected chi connectivity index (χ4v) is 5.29. The number of alkyl halides is 5. The van der Waals surface area contributed by atoms with Gasteiger partial charge >= 0.3 is 18.3 Å². The number of carbonyl (C=O) groups is 3. The van der Waals surface area contributed by atoms with E-state index in [1.54, 1.807) is 30.3 Å². The maximum Gasteiger partial charge on any atom is 0.410 e. The lowest BCUT2D eigenvalue weighted by Crippen LogP contribution is -2.50. The van der Waals surface area contributed by atoms with Crippen LogP contribution in [0.25, 0.3) is 0 Å². The Morgan fingerprint density at radius 1 is 1.14 bits per heavy atom. The van der Waals surface area contributed by atoms with Gasteiger partial charge in [-0.25, -0.2) is 18.4 Å². The van der Waals surface area contributed by atoms with Crippen molar-refractivity contribution < 1.29 is 50.9 Å². The number of alkyl carbamates (subject to hydrolysis) is 1. The third kappa shape index (κ3) is 8.27. The van der Waals surface area contributed by atoms with Crippen molar-refractivity contribution in [1.29, 1.82) is 0 Å². The number of ether oxygens (including phenoxy) is 2. The van der Waals surface area contributed by atoms with Gasteiger partial charge < -0.3 is 35.4 Å². The van der Waals surface area contributed by atoms with E-state index in [2.05, 4.69) is 10.6 Å². The first-order valence-corrected chi connectivity index (χ1v) is 13.9. The number of carbonyl (C=O) groups excluding carboxylic acids is 3. The van der Waals surface area contributed by atoms with E-state index < -0.39 is 79.3 Å². The Balaban J connectivity index is 1.53. The lowest BCUT2D eigenvalue weighted by atomic mass is 9.81. The van der Waals surface area contributed by atoms with Gasteiger partial charge in [0.15, 0.2) is 0 Å². The fourth-order valence-electron chi connectivity index (χ4n) is 5.29. The van der Waals surface area contributed by atoms with Crippen LogP contribution in [0.4, 0.5) is 37.2 Å². The predicted octanol–water partition coefficient (Wildman–Crippen LogP) is 5.09. The van der Waals surface area contributed by atoms with Crippen LogP contribution in [0.5, 0.6) is 5.75 Å². The molecule has 4 N–H and O–H groups in total. The van der Waals surface area contributed by atoms with Crippen molar-refractivity contribution in [2.24, 2.45) is 5.92 Å². The highest BCUT2D eigenvalue weighted by molar-refractivity contribution is 5.98. The summed E-state index contributed by atoms with van der Waals surface area (Å²) in [6.45, 7) is -1.00. The minimum atomic E-state index is -4.68. The van der Waals surface area contributed by atoms with E-state index >= 15 is 0 Å². The summed E-state index contributed by atoms with van der Waals surface area (Å²) in [5.41, 5.74) is 0.745. The summed E-state index contributed by atoms with van der Waals surface area (Å²) < 4.78 is 78.0. The third-order valence-corrected chi connectivity index (χ3v) is 7.70. The molecule has 0 unspecified atom stereocenters. The van der Waals surface area contributed by atoms with Crippen LogP contribution in [-0.2, 0) is 20.9 Å². The van der Waals surface area contributed by atoms with Crippen LogP contribution in [0.15, 0.2) is 48.5 Å². The smallest absolute Gasteiger partial charge is 0.410 e. The number of halogens is 5. The van der Waals surface area contributed by atoms with E-state index in [1.165, 1.54) is 25.3 Å². The zero-order valence-corrected chi connectivity index (χ0v) is 23.7. The van der Waals surface area contributed by atoms with Gasteiger partial charge in [0.2, 0.25) is 11.8 Å². The maximum atomic E-state index is 13.9.